The topological polar surface area (TPSA) is 448 Å². The van der Waals surface area contributed by atoms with Crippen LogP contribution in [0.25, 0.3) is 22.3 Å². The second-order valence-corrected chi connectivity index (χ2v) is 15.9. The molecule has 0 radical (unpaired) electrons. The molecule has 2 aromatic carbocycles. The van der Waals surface area contributed by atoms with E-state index in [1.165, 1.54) is 0 Å². The van der Waals surface area contributed by atoms with E-state index < -0.39 is 200 Å². The first-order chi connectivity index (χ1) is 31.3. The van der Waals surface area contributed by atoms with Crippen molar-refractivity contribution in [3.8, 4) is 40.1 Å². The van der Waals surface area contributed by atoms with Crippen molar-refractivity contribution in [2.24, 2.45) is 0 Å². The van der Waals surface area contributed by atoms with Crippen molar-refractivity contribution in [3.63, 3.8) is 0 Å². The van der Waals surface area contributed by atoms with Gasteiger partial charge in [-0.2, -0.15) is 0 Å². The molecular weight excluding hydrogens is 900 g/mol. The van der Waals surface area contributed by atoms with Crippen LogP contribution in [0.1, 0.15) is 0 Å². The molecule has 0 saturated carbocycles. The third-order valence-electron chi connectivity index (χ3n) is 11.5. The molecule has 27 heteroatoms. The summed E-state index contributed by atoms with van der Waals surface area (Å²) < 4.78 is 50.6. The van der Waals surface area contributed by atoms with Crippen LogP contribution in [-0.4, -0.2) is 236 Å². The molecule has 0 unspecified atom stereocenters. The normalized spacial score (nSPS) is 39.7. The molecule has 5 heterocycles. The van der Waals surface area contributed by atoms with Crippen molar-refractivity contribution in [2.75, 3.05) is 26.4 Å². The molecule has 27 nitrogen and oxygen atoms in total. The Hall–Kier alpha value is -4.15. The zero-order chi connectivity index (χ0) is 48.0. The summed E-state index contributed by atoms with van der Waals surface area (Å²) in [5.74, 6) is -4.13. The highest BCUT2D eigenvalue weighted by molar-refractivity contribution is 5.88. The summed E-state index contributed by atoms with van der Waals surface area (Å²) in [6.45, 7) is -3.56. The van der Waals surface area contributed by atoms with Crippen molar-refractivity contribution in [1.29, 1.82) is 0 Å². The van der Waals surface area contributed by atoms with Crippen molar-refractivity contribution in [1.82, 2.24) is 0 Å². The Bertz CT molecular complexity index is 2190. The Morgan fingerprint density at radius 2 is 0.970 bits per heavy atom. The molecule has 3 aromatic rings. The van der Waals surface area contributed by atoms with Crippen molar-refractivity contribution < 1.29 is 129 Å². The number of phenols is 3. The summed E-state index contributed by atoms with van der Waals surface area (Å²) in [5.41, 5.74) is -1.87. The lowest BCUT2D eigenvalue weighted by atomic mass is 9.97. The van der Waals surface area contributed by atoms with Gasteiger partial charge in [-0.3, -0.25) is 4.79 Å². The van der Waals surface area contributed by atoms with E-state index in [1.807, 2.05) is 0 Å². The predicted molar refractivity (Wildman–Crippen MR) is 207 cm³/mol. The van der Waals surface area contributed by atoms with Crippen LogP contribution in [0.4, 0.5) is 0 Å². The van der Waals surface area contributed by atoms with Crippen molar-refractivity contribution in [2.45, 2.75) is 123 Å². The van der Waals surface area contributed by atoms with E-state index in [9.17, 15) is 91.6 Å². The molecule has 368 valence electrons. The zero-order valence-corrected chi connectivity index (χ0v) is 33.9. The fourth-order valence-corrected chi connectivity index (χ4v) is 7.85. The molecule has 20 atom stereocenters. The second-order valence-electron chi connectivity index (χ2n) is 15.9. The minimum Gasteiger partial charge on any atom is -0.508 e. The quantitative estimate of drug-likeness (QED) is 0.0757. The fraction of sp³-hybridized carbons (Fsp3) is 0.615. The first kappa shape index (κ1) is 49.7. The highest BCUT2D eigenvalue weighted by Gasteiger charge is 2.53. The zero-order valence-electron chi connectivity index (χ0n) is 33.9. The van der Waals surface area contributed by atoms with E-state index in [4.69, 9.17) is 42.3 Å². The standard InChI is InChI=1S/C39H50O27/c40-6-16-21(47)25(51)29(55)36(60-16)64-33-19(9-43)63-38(31(57)28(33)54)65-34-24(50)20-13(46)4-11(44)5-15(20)58-32(34)10-1-2-14(12(45)3-10)59-39-35(27(53)23(49)18(8-42)62-39)66-37-30(56)26(52)22(48)17(7-41)61-37/h1-5,16-19,21-23,25-31,33,35-49,51-57H,6-9H2/t16-,17-,18-,19-,21-,22-,23-,25+,26+,27+,28-,29-,30-,31-,33-,35-,36+,37+,38+,39-/m1/s1. The molecule has 4 saturated heterocycles. The Labute approximate surface area is 369 Å². The molecule has 0 amide bonds. The molecule has 4 fully saturated rings. The number of hydrogen-bond donors (Lipinski definition) is 17. The van der Waals surface area contributed by atoms with E-state index in [1.54, 1.807) is 0 Å². The van der Waals surface area contributed by atoms with Gasteiger partial charge >= 0.3 is 0 Å². The molecule has 4 aliphatic rings. The van der Waals surface area contributed by atoms with Gasteiger partial charge in [0, 0.05) is 17.7 Å². The second kappa shape index (κ2) is 20.2. The predicted octanol–water partition coefficient (Wildman–Crippen LogP) is -7.42. The van der Waals surface area contributed by atoms with Crippen LogP contribution in [0.3, 0.4) is 0 Å². The maximum absolute atomic E-state index is 14.1. The maximum atomic E-state index is 14.1. The van der Waals surface area contributed by atoms with Crippen LogP contribution in [0.2, 0.25) is 0 Å². The minimum atomic E-state index is -2.19. The highest BCUT2D eigenvalue weighted by Crippen LogP contribution is 2.41. The number of aliphatic hydroxyl groups is 14. The lowest BCUT2D eigenvalue weighted by Crippen LogP contribution is -2.65. The molecule has 7 rings (SSSR count). The van der Waals surface area contributed by atoms with Gasteiger partial charge in [0.05, 0.1) is 26.4 Å². The fourth-order valence-electron chi connectivity index (χ4n) is 7.85. The number of aromatic hydroxyl groups is 3. The lowest BCUT2D eigenvalue weighted by Gasteiger charge is -2.45. The number of fused-ring (bicyclic) bond motifs is 1. The summed E-state index contributed by atoms with van der Waals surface area (Å²) >= 11 is 0. The smallest absolute Gasteiger partial charge is 0.239 e. The van der Waals surface area contributed by atoms with Crippen LogP contribution in [0.5, 0.6) is 28.7 Å². The third kappa shape index (κ3) is 9.36. The molecule has 0 spiro atoms. The first-order valence-corrected chi connectivity index (χ1v) is 20.2. The van der Waals surface area contributed by atoms with Gasteiger partial charge in [-0.1, -0.05) is 0 Å². The summed E-state index contributed by atoms with van der Waals surface area (Å²) in [6, 6.07) is 4.81. The SMILES string of the molecule is O=c1c(O[C@@H]2O[C@H](CO)[C@@H](O[C@@H]3O[C@H](CO)[C@@H](O)[C@H](O)[C@H]3O)[C@H](O)[C@H]2O)c(-c2ccc(O[C@@H]3O[C@H](CO)[C@@H](O)[C@H](O)[C@H]3O[C@@H]3O[C@H](CO)[C@@H](O)[C@H](O)[C@H]3O)c(O)c2)oc2cc(O)cc(O)c12. The van der Waals surface area contributed by atoms with Crippen LogP contribution >= 0.6 is 0 Å². The lowest BCUT2D eigenvalue weighted by molar-refractivity contribution is -0.358. The van der Waals surface area contributed by atoms with Gasteiger partial charge in [0.15, 0.2) is 35.9 Å². The maximum Gasteiger partial charge on any atom is 0.239 e. The summed E-state index contributed by atoms with van der Waals surface area (Å²) in [6.07, 6.45) is -36.9. The average molecular weight is 951 g/mol. The Balaban J connectivity index is 1.19. The average Bonchev–Trinajstić information content (AvgIpc) is 3.29. The molecule has 66 heavy (non-hydrogen) atoms. The molecule has 4 aliphatic heterocycles. The van der Waals surface area contributed by atoms with Gasteiger partial charge in [-0.05, 0) is 18.2 Å². The van der Waals surface area contributed by atoms with Crippen LogP contribution in [0, 0.1) is 0 Å². The van der Waals surface area contributed by atoms with E-state index in [2.05, 4.69) is 0 Å². The number of phenolic OH excluding ortho intramolecular Hbond substituents is 3. The van der Waals surface area contributed by atoms with Gasteiger partial charge in [-0.15, -0.1) is 0 Å². The molecule has 0 aliphatic carbocycles. The summed E-state index contributed by atoms with van der Waals surface area (Å²) in [4.78, 5) is 14.1. The Morgan fingerprint density at radius 3 is 1.52 bits per heavy atom. The Morgan fingerprint density at radius 1 is 0.485 bits per heavy atom. The number of hydrogen-bond acceptors (Lipinski definition) is 27. The largest absolute Gasteiger partial charge is 0.508 e. The Kier molecular flexibility index (Phi) is 15.2. The van der Waals surface area contributed by atoms with Gasteiger partial charge in [0.2, 0.25) is 23.8 Å². The molecule has 17 N–H and O–H groups in total. The van der Waals surface area contributed by atoms with E-state index in [-0.39, 0.29) is 5.56 Å². The monoisotopic (exact) mass is 950 g/mol. The minimum absolute atomic E-state index is 0.243. The molecule has 0 bridgehead atoms. The summed E-state index contributed by atoms with van der Waals surface area (Å²) in [7, 11) is 0. The van der Waals surface area contributed by atoms with Gasteiger partial charge in [-0.25, -0.2) is 0 Å². The van der Waals surface area contributed by atoms with Gasteiger partial charge in [0.25, 0.3) is 0 Å². The van der Waals surface area contributed by atoms with Crippen LogP contribution < -0.4 is 14.9 Å². The van der Waals surface area contributed by atoms with Crippen LogP contribution in [-0.2, 0) is 28.4 Å². The number of rotatable bonds is 13. The highest BCUT2D eigenvalue weighted by atomic mass is 16.8. The molecule has 1 aromatic heterocycles. The van der Waals surface area contributed by atoms with E-state index >= 15 is 0 Å². The number of aliphatic hydroxyl groups excluding tert-OH is 14. The van der Waals surface area contributed by atoms with E-state index in [0.29, 0.717) is 0 Å². The molecular formula is C39H50O27. The van der Waals surface area contributed by atoms with Gasteiger partial charge < -0.3 is 129 Å². The summed E-state index contributed by atoms with van der Waals surface area (Å²) in [5, 5.41) is 177. The number of benzene rings is 2. The number of ether oxygens (including phenoxy) is 8. The van der Waals surface area contributed by atoms with Crippen LogP contribution in [0.15, 0.2) is 39.5 Å². The first-order valence-electron chi connectivity index (χ1n) is 20.2. The van der Waals surface area contributed by atoms with Gasteiger partial charge in [0.1, 0.15) is 114 Å². The third-order valence-corrected chi connectivity index (χ3v) is 11.5. The van der Waals surface area contributed by atoms with Crippen molar-refractivity contribution >= 4 is 11.0 Å². The van der Waals surface area contributed by atoms with Crippen molar-refractivity contribution in [3.05, 3.63) is 40.6 Å². The van der Waals surface area contributed by atoms with E-state index in [0.717, 1.165) is 30.3 Å².